The number of anilines is 1. The Bertz CT molecular complexity index is 449. The largest absolute Gasteiger partial charge is 0.444 e. The van der Waals surface area contributed by atoms with Crippen molar-refractivity contribution in [3.8, 4) is 0 Å². The molecular formula is C19H32N2O2. The molecule has 1 rings (SSSR count). The fourth-order valence-corrected chi connectivity index (χ4v) is 2.21. The monoisotopic (exact) mass is 320 g/mol. The zero-order valence-corrected chi connectivity index (χ0v) is 15.1. The molecule has 23 heavy (non-hydrogen) atoms. The number of unbranched alkanes of at least 4 members (excludes halogenated alkanes) is 4. The average molecular weight is 320 g/mol. The third-order valence-corrected chi connectivity index (χ3v) is 3.39. The number of hydrogen-bond donors (Lipinski definition) is 2. The summed E-state index contributed by atoms with van der Waals surface area (Å²) in [5, 5.41) is 6.20. The third-order valence-electron chi connectivity index (χ3n) is 3.39. The number of nitrogens with one attached hydrogen (secondary N) is 2. The second-order valence-electron chi connectivity index (χ2n) is 6.91. The number of amides is 1. The Kier molecular flexibility index (Phi) is 8.70. The van der Waals surface area contributed by atoms with Gasteiger partial charge in [0, 0.05) is 12.2 Å². The van der Waals surface area contributed by atoms with Gasteiger partial charge in [-0.15, -0.1) is 0 Å². The van der Waals surface area contributed by atoms with Gasteiger partial charge in [-0.3, -0.25) is 5.32 Å². The van der Waals surface area contributed by atoms with Gasteiger partial charge in [-0.2, -0.15) is 0 Å². The smallest absolute Gasteiger partial charge is 0.412 e. The van der Waals surface area contributed by atoms with Crippen LogP contribution in [0.5, 0.6) is 0 Å². The maximum absolute atomic E-state index is 11.7. The van der Waals surface area contributed by atoms with Crippen LogP contribution < -0.4 is 10.6 Å². The molecule has 0 spiro atoms. The molecule has 0 bridgehead atoms. The number of hydrogen-bond acceptors (Lipinski definition) is 3. The molecule has 0 fully saturated rings. The van der Waals surface area contributed by atoms with Gasteiger partial charge in [0.1, 0.15) is 5.60 Å². The van der Waals surface area contributed by atoms with Crippen molar-refractivity contribution >= 4 is 11.8 Å². The molecule has 0 unspecified atom stereocenters. The Morgan fingerprint density at radius 1 is 1.04 bits per heavy atom. The number of benzene rings is 1. The first kappa shape index (κ1) is 19.5. The Morgan fingerprint density at radius 3 is 2.30 bits per heavy atom. The first-order chi connectivity index (χ1) is 10.9. The molecule has 1 aromatic rings. The van der Waals surface area contributed by atoms with Gasteiger partial charge in [-0.25, -0.2) is 4.79 Å². The maximum Gasteiger partial charge on any atom is 0.412 e. The van der Waals surface area contributed by atoms with Gasteiger partial charge in [0.05, 0.1) is 0 Å². The maximum atomic E-state index is 11.7. The van der Waals surface area contributed by atoms with Gasteiger partial charge in [0.2, 0.25) is 0 Å². The zero-order valence-electron chi connectivity index (χ0n) is 15.1. The van der Waals surface area contributed by atoms with Crippen LogP contribution in [0.2, 0.25) is 0 Å². The summed E-state index contributed by atoms with van der Waals surface area (Å²) in [7, 11) is 0. The summed E-state index contributed by atoms with van der Waals surface area (Å²) in [6.07, 6.45) is 6.08. The van der Waals surface area contributed by atoms with Gasteiger partial charge in [-0.05, 0) is 51.4 Å². The van der Waals surface area contributed by atoms with Crippen LogP contribution in [0.1, 0.15) is 65.4 Å². The van der Waals surface area contributed by atoms with Crippen molar-refractivity contribution in [3.63, 3.8) is 0 Å². The van der Waals surface area contributed by atoms with Gasteiger partial charge in [0.25, 0.3) is 0 Å². The predicted molar refractivity (Wildman–Crippen MR) is 96.8 cm³/mol. The van der Waals surface area contributed by atoms with Crippen molar-refractivity contribution < 1.29 is 9.53 Å². The van der Waals surface area contributed by atoms with E-state index in [2.05, 4.69) is 17.6 Å². The minimum atomic E-state index is -0.481. The molecule has 0 aromatic heterocycles. The van der Waals surface area contributed by atoms with Crippen LogP contribution in [0.25, 0.3) is 0 Å². The fraction of sp³-hybridized carbons (Fsp3) is 0.632. The number of rotatable bonds is 9. The lowest BCUT2D eigenvalue weighted by Crippen LogP contribution is -2.27. The van der Waals surface area contributed by atoms with Crippen molar-refractivity contribution in [2.45, 2.75) is 71.9 Å². The molecule has 0 atom stereocenters. The van der Waals surface area contributed by atoms with Gasteiger partial charge >= 0.3 is 6.09 Å². The van der Waals surface area contributed by atoms with E-state index in [9.17, 15) is 4.79 Å². The van der Waals surface area contributed by atoms with E-state index in [1.807, 2.05) is 45.0 Å². The Morgan fingerprint density at radius 2 is 1.70 bits per heavy atom. The van der Waals surface area contributed by atoms with Gasteiger partial charge in [0.15, 0.2) is 0 Å². The quantitative estimate of drug-likeness (QED) is 0.623. The highest BCUT2D eigenvalue weighted by Gasteiger charge is 2.15. The molecule has 0 heterocycles. The second-order valence-corrected chi connectivity index (χ2v) is 6.91. The van der Waals surface area contributed by atoms with Crippen LogP contribution in [-0.4, -0.2) is 18.2 Å². The molecule has 2 N–H and O–H groups in total. The molecule has 0 aliphatic carbocycles. The van der Waals surface area contributed by atoms with E-state index in [0.717, 1.165) is 18.8 Å². The van der Waals surface area contributed by atoms with E-state index in [4.69, 9.17) is 4.74 Å². The molecule has 0 saturated carbocycles. The zero-order chi connectivity index (χ0) is 17.1. The van der Waals surface area contributed by atoms with Crippen molar-refractivity contribution in [2.24, 2.45) is 0 Å². The summed E-state index contributed by atoms with van der Waals surface area (Å²) in [5.74, 6) is 0. The van der Waals surface area contributed by atoms with E-state index in [-0.39, 0.29) is 0 Å². The molecule has 1 amide bonds. The highest BCUT2D eigenvalue weighted by Crippen LogP contribution is 2.13. The normalized spacial score (nSPS) is 11.3. The van der Waals surface area contributed by atoms with Gasteiger partial charge < -0.3 is 10.1 Å². The Labute approximate surface area is 141 Å². The highest BCUT2D eigenvalue weighted by atomic mass is 16.6. The van der Waals surface area contributed by atoms with Crippen LogP contribution in [0.15, 0.2) is 24.3 Å². The number of ether oxygens (including phenoxy) is 1. The third kappa shape index (κ3) is 9.95. The molecule has 0 saturated heterocycles. The SMILES string of the molecule is CCCCCCCNCc1ccc(NC(=O)OC(C)(C)C)cc1. The van der Waals surface area contributed by atoms with Crippen molar-refractivity contribution in [3.05, 3.63) is 29.8 Å². The predicted octanol–water partition coefficient (Wildman–Crippen LogP) is 5.09. The van der Waals surface area contributed by atoms with E-state index >= 15 is 0 Å². The molecule has 1 aromatic carbocycles. The molecule has 0 aliphatic heterocycles. The minimum absolute atomic E-state index is 0.421. The van der Waals surface area contributed by atoms with Crippen molar-refractivity contribution in [1.29, 1.82) is 0 Å². The van der Waals surface area contributed by atoms with E-state index in [0.29, 0.717) is 0 Å². The van der Waals surface area contributed by atoms with Gasteiger partial charge in [-0.1, -0.05) is 44.7 Å². The topological polar surface area (TPSA) is 50.4 Å². The number of carbonyl (C=O) groups excluding carboxylic acids is 1. The van der Waals surface area contributed by atoms with Crippen LogP contribution in [-0.2, 0) is 11.3 Å². The summed E-state index contributed by atoms with van der Waals surface area (Å²) in [4.78, 5) is 11.7. The lowest BCUT2D eigenvalue weighted by molar-refractivity contribution is 0.0636. The molecule has 0 aliphatic rings. The standard InChI is InChI=1S/C19H32N2O2/c1-5-6-7-8-9-14-20-15-16-10-12-17(13-11-16)21-18(22)23-19(2,3)4/h10-13,20H,5-9,14-15H2,1-4H3,(H,21,22). The lowest BCUT2D eigenvalue weighted by atomic mass is 10.1. The summed E-state index contributed by atoms with van der Waals surface area (Å²) in [6, 6.07) is 7.86. The first-order valence-corrected chi connectivity index (χ1v) is 8.70. The van der Waals surface area contributed by atoms with Crippen LogP contribution in [0, 0.1) is 0 Å². The molecule has 4 nitrogen and oxygen atoms in total. The van der Waals surface area contributed by atoms with Crippen LogP contribution >= 0.6 is 0 Å². The Balaban J connectivity index is 2.24. The van der Waals surface area contributed by atoms with E-state index in [1.54, 1.807) is 0 Å². The van der Waals surface area contributed by atoms with Crippen LogP contribution in [0.3, 0.4) is 0 Å². The summed E-state index contributed by atoms with van der Waals surface area (Å²) >= 11 is 0. The molecule has 130 valence electrons. The summed E-state index contributed by atoms with van der Waals surface area (Å²) in [6.45, 7) is 9.71. The molecular weight excluding hydrogens is 288 g/mol. The van der Waals surface area contributed by atoms with E-state index in [1.165, 1.54) is 37.7 Å². The van der Waals surface area contributed by atoms with Crippen LogP contribution in [0.4, 0.5) is 10.5 Å². The summed E-state index contributed by atoms with van der Waals surface area (Å²) in [5.41, 5.74) is 1.49. The minimum Gasteiger partial charge on any atom is -0.444 e. The first-order valence-electron chi connectivity index (χ1n) is 8.70. The molecule has 4 heteroatoms. The molecule has 0 radical (unpaired) electrons. The van der Waals surface area contributed by atoms with Crippen molar-refractivity contribution in [1.82, 2.24) is 5.32 Å². The fourth-order valence-electron chi connectivity index (χ4n) is 2.21. The second kappa shape index (κ2) is 10.3. The Hall–Kier alpha value is -1.55. The average Bonchev–Trinajstić information content (AvgIpc) is 2.46. The van der Waals surface area contributed by atoms with E-state index < -0.39 is 11.7 Å². The highest BCUT2D eigenvalue weighted by molar-refractivity contribution is 5.84. The van der Waals surface area contributed by atoms with Crippen molar-refractivity contribution in [2.75, 3.05) is 11.9 Å². The number of carbonyl (C=O) groups is 1. The summed E-state index contributed by atoms with van der Waals surface area (Å²) < 4.78 is 5.23. The lowest BCUT2D eigenvalue weighted by Gasteiger charge is -2.19.